The van der Waals surface area contributed by atoms with E-state index < -0.39 is 15.6 Å². The summed E-state index contributed by atoms with van der Waals surface area (Å²) < 4.78 is 51.4. The molecule has 0 saturated heterocycles. The van der Waals surface area contributed by atoms with Crippen molar-refractivity contribution in [1.29, 1.82) is 0 Å². The largest absolute Gasteiger partial charge is 0.510 e. The molecule has 0 aliphatic heterocycles. The first-order chi connectivity index (χ1) is 7.19. The van der Waals surface area contributed by atoms with Crippen LogP contribution < -0.4 is 0 Å². The minimum atomic E-state index is -4.65. The SMILES string of the molecule is CC(OP(C)(=O)F)C(C)(C)C.COP(=O)(O)F. The third kappa shape index (κ3) is 16.2. The van der Waals surface area contributed by atoms with Gasteiger partial charge in [-0.25, -0.2) is 4.57 Å². The van der Waals surface area contributed by atoms with Gasteiger partial charge in [0.15, 0.2) is 0 Å². The van der Waals surface area contributed by atoms with Crippen molar-refractivity contribution in [2.24, 2.45) is 5.41 Å². The van der Waals surface area contributed by atoms with Crippen LogP contribution in [0.1, 0.15) is 27.7 Å². The van der Waals surface area contributed by atoms with Crippen LogP contribution in [0.3, 0.4) is 0 Å². The third-order valence-electron chi connectivity index (χ3n) is 1.79. The Morgan fingerprint density at radius 3 is 1.59 bits per heavy atom. The highest BCUT2D eigenvalue weighted by Crippen LogP contribution is 2.47. The molecule has 0 saturated carbocycles. The molecule has 9 heteroatoms. The monoisotopic (exact) mass is 296 g/mol. The van der Waals surface area contributed by atoms with Crippen LogP contribution >= 0.6 is 15.6 Å². The summed E-state index contributed by atoms with van der Waals surface area (Å²) in [6.07, 6.45) is -0.330. The Bertz CT molecular complexity index is 304. The third-order valence-corrected chi connectivity index (χ3v) is 2.93. The molecule has 17 heavy (non-hydrogen) atoms. The summed E-state index contributed by atoms with van der Waals surface area (Å²) in [5, 5.41) is 0. The van der Waals surface area contributed by atoms with Crippen LogP contribution in [-0.2, 0) is 18.2 Å². The van der Waals surface area contributed by atoms with Gasteiger partial charge >= 0.3 is 15.6 Å². The van der Waals surface area contributed by atoms with E-state index in [1.807, 2.05) is 20.8 Å². The van der Waals surface area contributed by atoms with Gasteiger partial charge in [-0.05, 0) is 12.3 Å². The Balaban J connectivity index is 0. The fourth-order valence-electron chi connectivity index (χ4n) is 0.441. The second-order valence-corrected chi connectivity index (χ2v) is 7.47. The lowest BCUT2D eigenvalue weighted by molar-refractivity contribution is 0.0989. The van der Waals surface area contributed by atoms with E-state index in [4.69, 9.17) is 9.42 Å². The van der Waals surface area contributed by atoms with Crippen molar-refractivity contribution in [3.8, 4) is 0 Å². The average Bonchev–Trinajstić information content (AvgIpc) is 1.99. The second-order valence-electron chi connectivity index (χ2n) is 4.49. The predicted molar refractivity (Wildman–Crippen MR) is 62.6 cm³/mol. The zero-order chi connectivity index (χ0) is 14.5. The number of halogens is 2. The van der Waals surface area contributed by atoms with Crippen LogP contribution in [0.4, 0.5) is 8.39 Å². The van der Waals surface area contributed by atoms with Gasteiger partial charge < -0.3 is 4.52 Å². The fourth-order valence-corrected chi connectivity index (χ4v) is 1.32. The van der Waals surface area contributed by atoms with Gasteiger partial charge in [-0.15, -0.1) is 4.20 Å². The smallest absolute Gasteiger partial charge is 0.302 e. The van der Waals surface area contributed by atoms with Gasteiger partial charge in [0.25, 0.3) is 0 Å². The van der Waals surface area contributed by atoms with Gasteiger partial charge in [0.05, 0.1) is 6.10 Å². The van der Waals surface area contributed by atoms with Crippen LogP contribution in [0.2, 0.25) is 0 Å². The van der Waals surface area contributed by atoms with Crippen molar-refractivity contribution in [2.45, 2.75) is 33.8 Å². The Labute approximate surface area is 101 Å². The molecular formula is C8H20F2O5P2. The van der Waals surface area contributed by atoms with Crippen molar-refractivity contribution in [3.05, 3.63) is 0 Å². The molecule has 0 aliphatic rings. The molecule has 0 fully saturated rings. The van der Waals surface area contributed by atoms with E-state index in [1.54, 1.807) is 6.92 Å². The Hall–Kier alpha value is 0.200. The quantitative estimate of drug-likeness (QED) is 0.799. The number of rotatable bonds is 3. The molecule has 0 amide bonds. The molecule has 0 radical (unpaired) electrons. The summed E-state index contributed by atoms with van der Waals surface area (Å²) in [6.45, 7) is 8.43. The molecule has 0 heterocycles. The van der Waals surface area contributed by atoms with Gasteiger partial charge in [-0.2, -0.15) is 4.20 Å². The van der Waals surface area contributed by atoms with Crippen molar-refractivity contribution in [1.82, 2.24) is 0 Å². The van der Waals surface area contributed by atoms with Crippen LogP contribution in [0.15, 0.2) is 0 Å². The molecule has 0 aliphatic carbocycles. The molecular weight excluding hydrogens is 276 g/mol. The number of hydrogen-bond donors (Lipinski definition) is 1. The lowest BCUT2D eigenvalue weighted by Crippen LogP contribution is -2.24. The minimum Gasteiger partial charge on any atom is -0.302 e. The first-order valence-electron chi connectivity index (χ1n) is 4.73. The highest BCUT2D eigenvalue weighted by molar-refractivity contribution is 7.52. The molecule has 0 aromatic heterocycles. The summed E-state index contributed by atoms with van der Waals surface area (Å²) >= 11 is 0. The number of hydrogen-bond acceptors (Lipinski definition) is 4. The molecule has 0 bridgehead atoms. The summed E-state index contributed by atoms with van der Waals surface area (Å²) in [5.74, 6) is 0. The van der Waals surface area contributed by atoms with E-state index in [2.05, 4.69) is 4.52 Å². The van der Waals surface area contributed by atoms with Crippen LogP contribution in [-0.4, -0.2) is 24.8 Å². The fraction of sp³-hybridized carbons (Fsp3) is 1.00. The predicted octanol–water partition coefficient (Wildman–Crippen LogP) is 3.93. The normalized spacial score (nSPS) is 20.5. The molecule has 0 aromatic carbocycles. The van der Waals surface area contributed by atoms with Crippen molar-refractivity contribution < 1.29 is 31.5 Å². The van der Waals surface area contributed by atoms with E-state index in [1.165, 1.54) is 0 Å². The maximum absolute atomic E-state index is 12.5. The van der Waals surface area contributed by atoms with Gasteiger partial charge in [-0.3, -0.25) is 14.0 Å². The Kier molecular flexibility index (Phi) is 7.99. The van der Waals surface area contributed by atoms with Crippen molar-refractivity contribution in [3.63, 3.8) is 0 Å². The maximum atomic E-state index is 12.5. The second kappa shape index (κ2) is 6.95. The molecule has 1 N–H and O–H groups in total. The van der Waals surface area contributed by atoms with Crippen molar-refractivity contribution >= 4 is 15.6 Å². The highest BCUT2D eigenvalue weighted by Gasteiger charge is 2.27. The summed E-state index contributed by atoms with van der Waals surface area (Å²) in [7, 11) is -7.64. The molecule has 0 rings (SSSR count). The minimum absolute atomic E-state index is 0.169. The average molecular weight is 296 g/mol. The molecule has 3 unspecified atom stereocenters. The molecule has 3 atom stereocenters. The summed E-state index contributed by atoms with van der Waals surface area (Å²) in [5.41, 5.74) is -0.169. The molecule has 0 spiro atoms. The molecule has 5 nitrogen and oxygen atoms in total. The van der Waals surface area contributed by atoms with Crippen molar-refractivity contribution in [2.75, 3.05) is 13.8 Å². The summed E-state index contributed by atoms with van der Waals surface area (Å²) in [6, 6.07) is 0. The Morgan fingerprint density at radius 1 is 1.24 bits per heavy atom. The zero-order valence-electron chi connectivity index (χ0n) is 10.8. The first-order valence-corrected chi connectivity index (χ1v) is 8.16. The van der Waals surface area contributed by atoms with E-state index >= 15 is 0 Å². The van der Waals surface area contributed by atoms with E-state index in [0.29, 0.717) is 0 Å². The lowest BCUT2D eigenvalue weighted by Gasteiger charge is -2.27. The van der Waals surface area contributed by atoms with E-state index in [9.17, 15) is 17.5 Å². The highest BCUT2D eigenvalue weighted by atomic mass is 31.2. The van der Waals surface area contributed by atoms with Gasteiger partial charge in [0.1, 0.15) is 0 Å². The summed E-state index contributed by atoms with van der Waals surface area (Å²) in [4.78, 5) is 7.49. The van der Waals surface area contributed by atoms with Crippen LogP contribution in [0.5, 0.6) is 0 Å². The zero-order valence-corrected chi connectivity index (χ0v) is 12.6. The van der Waals surface area contributed by atoms with Gasteiger partial charge in [0.2, 0.25) is 0 Å². The lowest BCUT2D eigenvalue weighted by atomic mass is 9.91. The Morgan fingerprint density at radius 2 is 1.53 bits per heavy atom. The maximum Gasteiger partial charge on any atom is 0.510 e. The van der Waals surface area contributed by atoms with Crippen LogP contribution in [0, 0.1) is 5.41 Å². The van der Waals surface area contributed by atoms with E-state index in [0.717, 1.165) is 13.8 Å². The topological polar surface area (TPSA) is 72.8 Å². The van der Waals surface area contributed by atoms with E-state index in [-0.39, 0.29) is 11.5 Å². The first kappa shape index (κ1) is 19.5. The molecule has 106 valence electrons. The van der Waals surface area contributed by atoms with Crippen LogP contribution in [0.25, 0.3) is 0 Å². The standard InChI is InChI=1S/C7H16FO2P.CH4FO3P/c1-6(7(2,3)4)10-11(5,8)9;1-5-6(2,3)4/h6H,1-5H3;1H3,(H,3,4). The van der Waals surface area contributed by atoms with Gasteiger partial charge in [0, 0.05) is 13.8 Å². The molecule has 0 aromatic rings. The van der Waals surface area contributed by atoms with Gasteiger partial charge in [-0.1, -0.05) is 20.8 Å².